The van der Waals surface area contributed by atoms with E-state index in [0.717, 1.165) is 24.7 Å². The fourth-order valence-corrected chi connectivity index (χ4v) is 4.28. The number of hydrogen-bond acceptors (Lipinski definition) is 5. The second-order valence-corrected chi connectivity index (χ2v) is 9.73. The van der Waals surface area contributed by atoms with Crippen molar-refractivity contribution in [3.05, 3.63) is 87.4 Å². The van der Waals surface area contributed by atoms with E-state index < -0.39 is 23.5 Å². The summed E-state index contributed by atoms with van der Waals surface area (Å²) in [6.07, 6.45) is -3.11. The van der Waals surface area contributed by atoms with Gasteiger partial charge in [-0.15, -0.1) is 0 Å². The average molecular weight is 540 g/mol. The number of nitrogens with two attached hydrogens (primary N) is 1. The number of amides is 1. The number of carbonyl (C=O) groups excluding carboxylic acids is 1. The predicted molar refractivity (Wildman–Crippen MR) is 143 cm³/mol. The number of pyridine rings is 1. The lowest BCUT2D eigenvalue weighted by molar-refractivity contribution is -0.138. The number of nitrogen functional groups attached to an aromatic ring is 1. The molecule has 3 N–H and O–H groups in total. The maximum atomic E-state index is 14.7. The molecule has 1 aromatic heterocycles. The molecule has 4 rings (SSSR count). The molecule has 0 spiro atoms. The van der Waals surface area contributed by atoms with Gasteiger partial charge in [0.2, 0.25) is 0 Å². The molecule has 0 radical (unpaired) electrons. The minimum absolute atomic E-state index is 0.0783. The van der Waals surface area contributed by atoms with Crippen molar-refractivity contribution in [1.29, 1.82) is 0 Å². The number of carbonyl (C=O) groups is 1. The number of benzene rings is 2. The molecule has 0 bridgehead atoms. The number of nitrogens with one attached hydrogen (secondary N) is 1. The third-order valence-corrected chi connectivity index (χ3v) is 6.68. The molecule has 39 heavy (non-hydrogen) atoms. The first-order valence-electron chi connectivity index (χ1n) is 12.4. The fourth-order valence-electron chi connectivity index (χ4n) is 4.28. The van der Waals surface area contributed by atoms with E-state index >= 15 is 0 Å². The van der Waals surface area contributed by atoms with Gasteiger partial charge in [-0.1, -0.05) is 17.9 Å². The standard InChI is InChI=1S/C29H29F4N5O/c1-18-13-26(30)24(14-21(18)5-4-20-12-19(2)27(34)35-16-20)28(39)36-23-7-6-22(25(15-23)29(31,32)33)17-38-10-8-37(3)9-11-38/h6-7,12-16H,8-11,17H2,1-3H3,(H2,34,35)(H,36,39). The molecule has 2 heterocycles. The van der Waals surface area contributed by atoms with E-state index in [9.17, 15) is 22.4 Å². The second-order valence-electron chi connectivity index (χ2n) is 9.73. The zero-order chi connectivity index (χ0) is 28.3. The molecule has 204 valence electrons. The molecule has 10 heteroatoms. The van der Waals surface area contributed by atoms with Gasteiger partial charge >= 0.3 is 6.18 Å². The lowest BCUT2D eigenvalue weighted by atomic mass is 10.0. The van der Waals surface area contributed by atoms with Crippen LogP contribution >= 0.6 is 0 Å². The minimum atomic E-state index is -4.62. The summed E-state index contributed by atoms with van der Waals surface area (Å²) in [6.45, 7) is 6.48. The Kier molecular flexibility index (Phi) is 8.23. The molecule has 3 aromatic rings. The first kappa shape index (κ1) is 28.1. The number of hydrogen-bond donors (Lipinski definition) is 2. The summed E-state index contributed by atoms with van der Waals surface area (Å²) >= 11 is 0. The van der Waals surface area contributed by atoms with Crippen molar-refractivity contribution in [3.8, 4) is 11.8 Å². The number of alkyl halides is 3. The molecular formula is C29H29F4N5O. The monoisotopic (exact) mass is 539 g/mol. The Morgan fingerprint density at radius 3 is 2.44 bits per heavy atom. The van der Waals surface area contributed by atoms with Crippen LogP contribution in [0.25, 0.3) is 0 Å². The number of piperazine rings is 1. The van der Waals surface area contributed by atoms with E-state index in [1.807, 2.05) is 11.9 Å². The Morgan fingerprint density at radius 1 is 1.05 bits per heavy atom. The van der Waals surface area contributed by atoms with E-state index in [1.54, 1.807) is 19.9 Å². The highest BCUT2D eigenvalue weighted by atomic mass is 19.4. The summed E-state index contributed by atoms with van der Waals surface area (Å²) in [7, 11) is 1.97. The van der Waals surface area contributed by atoms with Gasteiger partial charge in [0.25, 0.3) is 5.91 Å². The molecule has 2 aromatic carbocycles. The Balaban J connectivity index is 1.57. The Bertz CT molecular complexity index is 1450. The first-order chi connectivity index (χ1) is 18.4. The van der Waals surface area contributed by atoms with Crippen molar-refractivity contribution in [2.75, 3.05) is 44.3 Å². The molecule has 0 atom stereocenters. The minimum Gasteiger partial charge on any atom is -0.383 e. The molecule has 0 saturated carbocycles. The van der Waals surface area contributed by atoms with Crippen LogP contribution < -0.4 is 11.1 Å². The van der Waals surface area contributed by atoms with Crippen molar-refractivity contribution in [2.45, 2.75) is 26.6 Å². The van der Waals surface area contributed by atoms with Crippen LogP contribution in [0.15, 0.2) is 42.6 Å². The summed E-state index contributed by atoms with van der Waals surface area (Å²) in [4.78, 5) is 21.1. The van der Waals surface area contributed by atoms with Gasteiger partial charge in [-0.3, -0.25) is 9.69 Å². The zero-order valence-electron chi connectivity index (χ0n) is 21.9. The Hall–Kier alpha value is -3.94. The molecular weight excluding hydrogens is 510 g/mol. The highest BCUT2D eigenvalue weighted by Gasteiger charge is 2.34. The molecule has 0 aliphatic carbocycles. The number of aromatic nitrogens is 1. The van der Waals surface area contributed by atoms with Crippen LogP contribution in [-0.2, 0) is 12.7 Å². The summed E-state index contributed by atoms with van der Waals surface area (Å²) in [6, 6.07) is 7.88. The highest BCUT2D eigenvalue weighted by Crippen LogP contribution is 2.35. The van der Waals surface area contributed by atoms with Crippen LogP contribution in [0, 0.1) is 31.5 Å². The van der Waals surface area contributed by atoms with Crippen molar-refractivity contribution in [2.24, 2.45) is 0 Å². The molecule has 1 aliphatic heterocycles. The number of halogens is 4. The number of aryl methyl sites for hydroxylation is 2. The average Bonchev–Trinajstić information content (AvgIpc) is 2.87. The van der Waals surface area contributed by atoms with E-state index in [4.69, 9.17) is 5.73 Å². The zero-order valence-corrected chi connectivity index (χ0v) is 21.9. The van der Waals surface area contributed by atoms with Gasteiger partial charge in [-0.25, -0.2) is 9.37 Å². The van der Waals surface area contributed by atoms with Crippen LogP contribution in [0.4, 0.5) is 29.1 Å². The maximum Gasteiger partial charge on any atom is 0.416 e. The molecule has 6 nitrogen and oxygen atoms in total. The summed E-state index contributed by atoms with van der Waals surface area (Å²) in [5, 5.41) is 2.41. The largest absolute Gasteiger partial charge is 0.416 e. The van der Waals surface area contributed by atoms with Crippen LogP contribution in [0.3, 0.4) is 0 Å². The smallest absolute Gasteiger partial charge is 0.383 e. The third-order valence-electron chi connectivity index (χ3n) is 6.68. The quantitative estimate of drug-likeness (QED) is 0.367. The van der Waals surface area contributed by atoms with Gasteiger partial charge in [0.05, 0.1) is 11.1 Å². The summed E-state index contributed by atoms with van der Waals surface area (Å²) in [5.41, 5.74) is 6.86. The predicted octanol–water partition coefficient (Wildman–Crippen LogP) is 4.84. The van der Waals surface area contributed by atoms with Gasteiger partial charge in [0.1, 0.15) is 11.6 Å². The van der Waals surface area contributed by atoms with E-state index in [1.165, 1.54) is 30.5 Å². The second kappa shape index (κ2) is 11.4. The number of likely N-dealkylation sites (N-methyl/N-ethyl adjacent to an activating group) is 1. The Labute approximate surface area is 224 Å². The molecule has 1 fully saturated rings. The lowest BCUT2D eigenvalue weighted by Crippen LogP contribution is -2.44. The third kappa shape index (κ3) is 6.93. The van der Waals surface area contributed by atoms with Crippen molar-refractivity contribution in [1.82, 2.24) is 14.8 Å². The van der Waals surface area contributed by atoms with E-state index in [0.29, 0.717) is 35.6 Å². The van der Waals surface area contributed by atoms with Gasteiger partial charge < -0.3 is 16.0 Å². The van der Waals surface area contributed by atoms with Crippen molar-refractivity contribution in [3.63, 3.8) is 0 Å². The molecule has 1 saturated heterocycles. The summed E-state index contributed by atoms with van der Waals surface area (Å²) < 4.78 is 56.5. The molecule has 1 aliphatic rings. The molecule has 1 amide bonds. The van der Waals surface area contributed by atoms with Gasteiger partial charge in [0.15, 0.2) is 0 Å². The fraction of sp³-hybridized carbons (Fsp3) is 0.310. The van der Waals surface area contributed by atoms with Gasteiger partial charge in [-0.05, 0) is 67.9 Å². The van der Waals surface area contributed by atoms with E-state index in [2.05, 4.69) is 27.0 Å². The number of anilines is 2. The van der Waals surface area contributed by atoms with Crippen LogP contribution in [0.1, 0.15) is 43.7 Å². The van der Waals surface area contributed by atoms with Crippen LogP contribution in [0.2, 0.25) is 0 Å². The summed E-state index contributed by atoms with van der Waals surface area (Å²) in [5.74, 6) is 4.53. The van der Waals surface area contributed by atoms with Crippen LogP contribution in [-0.4, -0.2) is 53.9 Å². The highest BCUT2D eigenvalue weighted by molar-refractivity contribution is 6.04. The van der Waals surface area contributed by atoms with Crippen molar-refractivity contribution < 1.29 is 22.4 Å². The SMILES string of the molecule is Cc1cc(F)c(C(=O)Nc2ccc(CN3CCN(C)CC3)c(C(F)(F)F)c2)cc1C#Cc1cnc(N)c(C)c1. The normalized spacial score (nSPS) is 14.5. The number of nitrogens with zero attached hydrogens (tertiary/aromatic N) is 3. The maximum absolute atomic E-state index is 14.7. The molecule has 0 unspecified atom stereocenters. The van der Waals surface area contributed by atoms with Gasteiger partial charge in [-0.2, -0.15) is 13.2 Å². The Morgan fingerprint density at radius 2 is 1.77 bits per heavy atom. The first-order valence-corrected chi connectivity index (χ1v) is 12.4. The van der Waals surface area contributed by atoms with E-state index in [-0.39, 0.29) is 23.4 Å². The van der Waals surface area contributed by atoms with Crippen molar-refractivity contribution >= 4 is 17.4 Å². The number of rotatable bonds is 4. The van der Waals surface area contributed by atoms with Crippen LogP contribution in [0.5, 0.6) is 0 Å². The lowest BCUT2D eigenvalue weighted by Gasteiger charge is -2.33. The topological polar surface area (TPSA) is 74.5 Å². The van der Waals surface area contributed by atoms with Gasteiger partial charge in [0, 0.05) is 55.7 Å².